The lowest BCUT2D eigenvalue weighted by molar-refractivity contribution is -0.144. The van der Waals surface area contributed by atoms with Crippen molar-refractivity contribution in [3.63, 3.8) is 0 Å². The summed E-state index contributed by atoms with van der Waals surface area (Å²) >= 11 is 0. The van der Waals surface area contributed by atoms with Crippen LogP contribution in [0.3, 0.4) is 0 Å². The maximum atomic E-state index is 10.5. The molecule has 0 amide bonds. The third-order valence-corrected chi connectivity index (χ3v) is 2.47. The first-order valence-electron chi connectivity index (χ1n) is 4.31. The fourth-order valence-electron chi connectivity index (χ4n) is 1.52. The monoisotopic (exact) mass is 170 g/mol. The molecule has 0 aromatic heterocycles. The van der Waals surface area contributed by atoms with Gasteiger partial charge in [0.05, 0.1) is 6.61 Å². The van der Waals surface area contributed by atoms with Crippen LogP contribution in [0.4, 0.5) is 0 Å². The third-order valence-electron chi connectivity index (χ3n) is 2.47. The molecular weight excluding hydrogens is 156 g/mol. The van der Waals surface area contributed by atoms with E-state index in [9.17, 15) is 9.59 Å². The highest BCUT2D eigenvalue weighted by molar-refractivity contribution is 5.65. The number of rotatable bonds is 4. The van der Waals surface area contributed by atoms with Gasteiger partial charge in [-0.25, -0.2) is 0 Å². The van der Waals surface area contributed by atoms with Crippen LogP contribution >= 0.6 is 0 Å². The summed E-state index contributed by atoms with van der Waals surface area (Å²) in [6.07, 6.45) is 3.76. The van der Waals surface area contributed by atoms with E-state index < -0.39 is 0 Å². The number of hydrogen-bond acceptors (Lipinski definition) is 3. The van der Waals surface area contributed by atoms with Gasteiger partial charge in [-0.15, -0.1) is 0 Å². The fraction of sp³-hybridized carbons (Fsp3) is 0.778. The summed E-state index contributed by atoms with van der Waals surface area (Å²) in [5, 5.41) is 0. The Kier molecular flexibility index (Phi) is 3.26. The molecule has 3 nitrogen and oxygen atoms in total. The number of esters is 1. The minimum atomic E-state index is -0.230. The van der Waals surface area contributed by atoms with Crippen LogP contribution in [-0.2, 0) is 14.3 Å². The van der Waals surface area contributed by atoms with Crippen LogP contribution in [0, 0.1) is 11.8 Å². The molecule has 1 rings (SSSR count). The second-order valence-electron chi connectivity index (χ2n) is 3.30. The van der Waals surface area contributed by atoms with Crippen molar-refractivity contribution < 1.29 is 14.3 Å². The van der Waals surface area contributed by atoms with Gasteiger partial charge < -0.3 is 9.53 Å². The Morgan fingerprint density at radius 3 is 2.58 bits per heavy atom. The highest BCUT2D eigenvalue weighted by atomic mass is 16.5. The van der Waals surface area contributed by atoms with Gasteiger partial charge in [-0.2, -0.15) is 0 Å². The van der Waals surface area contributed by atoms with Crippen molar-refractivity contribution in [1.29, 1.82) is 0 Å². The van der Waals surface area contributed by atoms with Crippen molar-refractivity contribution in [2.45, 2.75) is 26.2 Å². The van der Waals surface area contributed by atoms with Crippen molar-refractivity contribution in [2.24, 2.45) is 11.8 Å². The topological polar surface area (TPSA) is 43.4 Å². The largest absolute Gasteiger partial charge is 0.466 e. The Morgan fingerprint density at radius 2 is 2.17 bits per heavy atom. The van der Waals surface area contributed by atoms with Crippen LogP contribution in [-0.4, -0.2) is 18.9 Å². The fourth-order valence-corrected chi connectivity index (χ4v) is 1.52. The van der Waals surface area contributed by atoms with Crippen LogP contribution in [0.5, 0.6) is 0 Å². The molecule has 1 fully saturated rings. The Hall–Kier alpha value is -0.860. The lowest BCUT2D eigenvalue weighted by Gasteiger charge is -2.34. The first-order valence-corrected chi connectivity index (χ1v) is 4.31. The van der Waals surface area contributed by atoms with E-state index in [0.717, 1.165) is 19.1 Å². The van der Waals surface area contributed by atoms with Gasteiger partial charge in [0.15, 0.2) is 0 Å². The van der Waals surface area contributed by atoms with Crippen LogP contribution < -0.4 is 0 Å². The second-order valence-corrected chi connectivity index (χ2v) is 3.30. The van der Waals surface area contributed by atoms with Gasteiger partial charge in [-0.3, -0.25) is 4.79 Å². The second kappa shape index (κ2) is 4.24. The SMILES string of the molecule is CC(=O)OC[C@H]1CC[C@H]1CC=O. The maximum Gasteiger partial charge on any atom is 0.302 e. The van der Waals surface area contributed by atoms with Crippen LogP contribution in [0.1, 0.15) is 26.2 Å². The average Bonchev–Trinajstić information content (AvgIpc) is 1.98. The van der Waals surface area contributed by atoms with E-state index in [-0.39, 0.29) is 5.97 Å². The highest BCUT2D eigenvalue weighted by Gasteiger charge is 2.30. The van der Waals surface area contributed by atoms with Gasteiger partial charge in [-0.1, -0.05) is 0 Å². The molecule has 12 heavy (non-hydrogen) atoms. The predicted molar refractivity (Wildman–Crippen MR) is 43.5 cm³/mol. The number of carbonyl (C=O) groups excluding carboxylic acids is 2. The minimum absolute atomic E-state index is 0.230. The Labute approximate surface area is 72.1 Å². The first-order chi connectivity index (χ1) is 5.74. The lowest BCUT2D eigenvalue weighted by atomic mass is 9.73. The van der Waals surface area contributed by atoms with Crippen LogP contribution in [0.2, 0.25) is 0 Å². The van der Waals surface area contributed by atoms with E-state index in [2.05, 4.69) is 0 Å². The number of carbonyl (C=O) groups is 2. The van der Waals surface area contributed by atoms with E-state index in [1.54, 1.807) is 0 Å². The van der Waals surface area contributed by atoms with E-state index >= 15 is 0 Å². The summed E-state index contributed by atoms with van der Waals surface area (Å²) in [5.74, 6) is 0.660. The molecule has 0 saturated heterocycles. The van der Waals surface area contributed by atoms with Crippen molar-refractivity contribution in [2.75, 3.05) is 6.61 Å². The van der Waals surface area contributed by atoms with Gasteiger partial charge in [0.25, 0.3) is 0 Å². The zero-order valence-electron chi connectivity index (χ0n) is 7.29. The van der Waals surface area contributed by atoms with Crippen molar-refractivity contribution >= 4 is 12.3 Å². The molecule has 0 aromatic carbocycles. The first kappa shape index (κ1) is 9.23. The summed E-state index contributed by atoms with van der Waals surface area (Å²) in [6, 6.07) is 0. The van der Waals surface area contributed by atoms with Crippen LogP contribution in [0.25, 0.3) is 0 Å². The molecule has 68 valence electrons. The number of ether oxygens (including phenoxy) is 1. The van der Waals surface area contributed by atoms with Gasteiger partial charge in [0.2, 0.25) is 0 Å². The molecule has 0 unspecified atom stereocenters. The zero-order chi connectivity index (χ0) is 8.97. The molecule has 3 heteroatoms. The van der Waals surface area contributed by atoms with Crippen molar-refractivity contribution in [3.8, 4) is 0 Å². The van der Waals surface area contributed by atoms with Crippen molar-refractivity contribution in [3.05, 3.63) is 0 Å². The molecule has 1 aliphatic rings. The smallest absolute Gasteiger partial charge is 0.302 e. The molecule has 2 atom stereocenters. The highest BCUT2D eigenvalue weighted by Crippen LogP contribution is 2.36. The van der Waals surface area contributed by atoms with E-state index in [1.807, 2.05) is 0 Å². The van der Waals surface area contributed by atoms with E-state index in [1.165, 1.54) is 6.92 Å². The van der Waals surface area contributed by atoms with Gasteiger partial charge in [0.1, 0.15) is 6.29 Å². The molecule has 0 spiro atoms. The minimum Gasteiger partial charge on any atom is -0.466 e. The molecule has 0 N–H and O–H groups in total. The van der Waals surface area contributed by atoms with Gasteiger partial charge >= 0.3 is 5.97 Å². The van der Waals surface area contributed by atoms with Gasteiger partial charge in [-0.05, 0) is 24.7 Å². The van der Waals surface area contributed by atoms with E-state index in [0.29, 0.717) is 24.9 Å². The molecule has 1 aliphatic carbocycles. The predicted octanol–water partition coefficient (Wildman–Crippen LogP) is 1.16. The summed E-state index contributed by atoms with van der Waals surface area (Å²) in [6.45, 7) is 1.90. The quantitative estimate of drug-likeness (QED) is 0.469. The molecule has 0 heterocycles. The van der Waals surface area contributed by atoms with Gasteiger partial charge in [0, 0.05) is 13.3 Å². The average molecular weight is 170 g/mol. The third kappa shape index (κ3) is 2.32. The summed E-state index contributed by atoms with van der Waals surface area (Å²) in [4.78, 5) is 20.6. The molecular formula is C9H14O3. The summed E-state index contributed by atoms with van der Waals surface area (Å²) in [7, 11) is 0. The zero-order valence-corrected chi connectivity index (χ0v) is 7.29. The number of aldehydes is 1. The maximum absolute atomic E-state index is 10.5. The van der Waals surface area contributed by atoms with Crippen molar-refractivity contribution in [1.82, 2.24) is 0 Å². The molecule has 1 saturated carbocycles. The number of hydrogen-bond donors (Lipinski definition) is 0. The molecule has 0 aromatic rings. The Balaban J connectivity index is 2.16. The lowest BCUT2D eigenvalue weighted by Crippen LogP contribution is -2.30. The standard InChI is InChI=1S/C9H14O3/c1-7(11)12-6-9-3-2-8(9)4-5-10/h5,8-9H,2-4,6H2,1H3/t8-,9+/m0/s1. The normalized spacial score (nSPS) is 27.4. The summed E-state index contributed by atoms with van der Waals surface area (Å²) < 4.78 is 4.87. The van der Waals surface area contributed by atoms with E-state index in [4.69, 9.17) is 4.74 Å². The molecule has 0 aliphatic heterocycles. The Bertz CT molecular complexity index is 177. The summed E-state index contributed by atoms with van der Waals surface area (Å²) in [5.41, 5.74) is 0. The Morgan fingerprint density at radius 1 is 1.50 bits per heavy atom. The van der Waals surface area contributed by atoms with Crippen LogP contribution in [0.15, 0.2) is 0 Å². The molecule has 0 radical (unpaired) electrons. The molecule has 0 bridgehead atoms.